The lowest BCUT2D eigenvalue weighted by molar-refractivity contribution is 0.514. The maximum atomic E-state index is 12.4. The fourth-order valence-corrected chi connectivity index (χ4v) is 5.20. The minimum Gasteiger partial charge on any atom is -0.207 e. The zero-order chi connectivity index (χ0) is 13.9. The van der Waals surface area contributed by atoms with Crippen molar-refractivity contribution in [1.82, 2.24) is 4.72 Å². The number of hydrogen-bond donors (Lipinski definition) is 1. The molecule has 0 spiro atoms. The number of nitrogens with one attached hydrogen (secondary N) is 1. The monoisotopic (exact) mass is 316 g/mol. The molecule has 1 atom stereocenters. The number of sulfonamides is 1. The first-order valence-electron chi connectivity index (χ1n) is 5.70. The van der Waals surface area contributed by atoms with Crippen LogP contribution in [0.2, 0.25) is 0 Å². The molecule has 0 bridgehead atoms. The van der Waals surface area contributed by atoms with Crippen molar-refractivity contribution in [1.29, 1.82) is 5.26 Å². The lowest BCUT2D eigenvalue weighted by Gasteiger charge is -2.21. The van der Waals surface area contributed by atoms with Gasteiger partial charge in [0.05, 0.1) is 11.0 Å². The van der Waals surface area contributed by atoms with Crippen LogP contribution < -0.4 is 4.72 Å². The number of alkyl halides is 1. The molecule has 0 radical (unpaired) electrons. The first-order valence-corrected chi connectivity index (χ1v) is 8.87. The minimum atomic E-state index is -3.73. The lowest BCUT2D eigenvalue weighted by Crippen LogP contribution is -2.47. The first kappa shape index (κ1) is 14.7. The van der Waals surface area contributed by atoms with Crippen LogP contribution in [0.25, 0.3) is 0 Å². The molecule has 102 valence electrons. The molecule has 1 aromatic rings. The second-order valence-electron chi connectivity index (χ2n) is 4.34. The van der Waals surface area contributed by atoms with Crippen LogP contribution in [0.3, 0.4) is 0 Å². The maximum Gasteiger partial charge on any atom is 0.242 e. The number of halogens is 1. The fraction of sp³-hybridized carbons (Fsp3) is 0.417. The number of rotatable bonds is 4. The largest absolute Gasteiger partial charge is 0.242 e. The van der Waals surface area contributed by atoms with Gasteiger partial charge in [-0.3, -0.25) is 0 Å². The Bertz CT molecular complexity index is 604. The highest BCUT2D eigenvalue weighted by Crippen LogP contribution is 2.29. The van der Waals surface area contributed by atoms with Crippen molar-refractivity contribution in [3.05, 3.63) is 29.8 Å². The van der Waals surface area contributed by atoms with Crippen LogP contribution >= 0.6 is 23.4 Å². The predicted molar refractivity (Wildman–Crippen MR) is 76.6 cm³/mol. The van der Waals surface area contributed by atoms with E-state index in [1.54, 1.807) is 30.0 Å². The Balaban J connectivity index is 2.36. The average molecular weight is 317 g/mol. The third kappa shape index (κ3) is 3.06. The molecule has 19 heavy (non-hydrogen) atoms. The van der Waals surface area contributed by atoms with Crippen LogP contribution in [-0.2, 0) is 15.9 Å². The SMILES string of the molecule is N#CC1(NS(=O)(=O)c2ccccc2CCl)CCSC1. The van der Waals surface area contributed by atoms with Gasteiger partial charge in [0.15, 0.2) is 0 Å². The van der Waals surface area contributed by atoms with Gasteiger partial charge in [0.2, 0.25) is 10.0 Å². The van der Waals surface area contributed by atoms with Crippen LogP contribution in [0.15, 0.2) is 29.2 Å². The summed E-state index contributed by atoms with van der Waals surface area (Å²) in [6.45, 7) is 0. The Labute approximate surface area is 122 Å². The third-order valence-electron chi connectivity index (χ3n) is 2.97. The molecule has 1 fully saturated rings. The number of hydrogen-bond acceptors (Lipinski definition) is 4. The van der Waals surface area contributed by atoms with Gasteiger partial charge >= 0.3 is 0 Å². The zero-order valence-corrected chi connectivity index (χ0v) is 12.5. The molecule has 1 N–H and O–H groups in total. The van der Waals surface area contributed by atoms with Gasteiger partial charge < -0.3 is 0 Å². The van der Waals surface area contributed by atoms with E-state index in [2.05, 4.69) is 10.8 Å². The number of nitriles is 1. The summed E-state index contributed by atoms with van der Waals surface area (Å²) in [5.41, 5.74) is -0.460. The lowest BCUT2D eigenvalue weighted by atomic mass is 10.0. The van der Waals surface area contributed by atoms with E-state index in [4.69, 9.17) is 11.6 Å². The minimum absolute atomic E-state index is 0.116. The summed E-state index contributed by atoms with van der Waals surface area (Å²) in [6, 6.07) is 8.66. The van der Waals surface area contributed by atoms with E-state index in [1.807, 2.05) is 0 Å². The Kier molecular flexibility index (Phi) is 4.41. The fourth-order valence-electron chi connectivity index (χ4n) is 1.95. The van der Waals surface area contributed by atoms with E-state index in [9.17, 15) is 13.7 Å². The second kappa shape index (κ2) is 5.71. The van der Waals surface area contributed by atoms with Crippen molar-refractivity contribution in [3.63, 3.8) is 0 Å². The second-order valence-corrected chi connectivity index (χ2v) is 7.37. The van der Waals surface area contributed by atoms with Crippen LogP contribution in [0.5, 0.6) is 0 Å². The van der Waals surface area contributed by atoms with E-state index in [0.29, 0.717) is 17.7 Å². The first-order chi connectivity index (χ1) is 9.03. The Morgan fingerprint density at radius 3 is 2.79 bits per heavy atom. The molecule has 4 nitrogen and oxygen atoms in total. The molecule has 1 unspecified atom stereocenters. The molecule has 2 rings (SSSR count). The van der Waals surface area contributed by atoms with E-state index >= 15 is 0 Å². The molecular weight excluding hydrogens is 304 g/mol. The summed E-state index contributed by atoms with van der Waals surface area (Å²) in [5.74, 6) is 1.38. The highest BCUT2D eigenvalue weighted by Gasteiger charge is 2.39. The molecule has 7 heteroatoms. The van der Waals surface area contributed by atoms with Crippen LogP contribution in [0.4, 0.5) is 0 Å². The Hall–Kier alpha value is -0.740. The van der Waals surface area contributed by atoms with Crippen molar-refractivity contribution < 1.29 is 8.42 Å². The zero-order valence-electron chi connectivity index (χ0n) is 10.1. The van der Waals surface area contributed by atoms with Gasteiger partial charge in [0, 0.05) is 11.6 Å². The van der Waals surface area contributed by atoms with Gasteiger partial charge in [0.25, 0.3) is 0 Å². The van der Waals surface area contributed by atoms with Gasteiger partial charge in [-0.2, -0.15) is 21.7 Å². The molecule has 1 heterocycles. The predicted octanol–water partition coefficient (Wildman–Crippen LogP) is 2.10. The molecule has 1 aliphatic heterocycles. The van der Waals surface area contributed by atoms with Crippen LogP contribution in [0.1, 0.15) is 12.0 Å². The average Bonchev–Trinajstić information content (AvgIpc) is 2.87. The Morgan fingerprint density at radius 1 is 1.47 bits per heavy atom. The molecular formula is C12H13ClN2O2S2. The number of nitrogens with zero attached hydrogens (tertiary/aromatic N) is 1. The molecule has 0 aliphatic carbocycles. The van der Waals surface area contributed by atoms with Crippen molar-refractivity contribution >= 4 is 33.4 Å². The van der Waals surface area contributed by atoms with Gasteiger partial charge in [-0.1, -0.05) is 18.2 Å². The van der Waals surface area contributed by atoms with Crippen LogP contribution in [-0.4, -0.2) is 25.5 Å². The topological polar surface area (TPSA) is 70.0 Å². The summed E-state index contributed by atoms with van der Waals surface area (Å²) in [7, 11) is -3.73. The van der Waals surface area contributed by atoms with Crippen molar-refractivity contribution in [2.45, 2.75) is 22.7 Å². The highest BCUT2D eigenvalue weighted by molar-refractivity contribution is 7.99. The molecule has 0 aromatic heterocycles. The molecule has 0 amide bonds. The van der Waals surface area contributed by atoms with Gasteiger partial charge in [-0.05, 0) is 23.8 Å². The van der Waals surface area contributed by atoms with E-state index < -0.39 is 15.6 Å². The standard InChI is InChI=1S/C12H13ClN2O2S2/c13-7-10-3-1-2-4-11(10)19(16,17)15-12(8-14)5-6-18-9-12/h1-4,15H,5-7,9H2. The third-order valence-corrected chi connectivity index (χ3v) is 6.09. The normalized spacial score (nSPS) is 23.2. The number of benzene rings is 1. The van der Waals surface area contributed by atoms with Crippen molar-refractivity contribution in [2.24, 2.45) is 0 Å². The summed E-state index contributed by atoms with van der Waals surface area (Å²) in [6.07, 6.45) is 0.524. The van der Waals surface area contributed by atoms with Gasteiger partial charge in [-0.15, -0.1) is 11.6 Å². The summed E-state index contributed by atoms with van der Waals surface area (Å²) in [5, 5.41) is 9.24. The Morgan fingerprint density at radius 2 is 2.21 bits per heavy atom. The highest BCUT2D eigenvalue weighted by atomic mass is 35.5. The van der Waals surface area contributed by atoms with Gasteiger partial charge in [-0.25, -0.2) is 8.42 Å². The summed E-state index contributed by atoms with van der Waals surface area (Å²) < 4.78 is 27.3. The molecule has 1 aliphatic rings. The van der Waals surface area contributed by atoms with E-state index in [0.717, 1.165) is 5.75 Å². The van der Waals surface area contributed by atoms with Gasteiger partial charge in [0.1, 0.15) is 5.54 Å². The number of thioether (sulfide) groups is 1. The summed E-state index contributed by atoms with van der Waals surface area (Å²) in [4.78, 5) is 0.150. The van der Waals surface area contributed by atoms with Crippen molar-refractivity contribution in [2.75, 3.05) is 11.5 Å². The molecule has 0 saturated carbocycles. The van der Waals surface area contributed by atoms with E-state index in [1.165, 1.54) is 6.07 Å². The summed E-state index contributed by atoms with van der Waals surface area (Å²) >= 11 is 7.34. The molecule has 1 aromatic carbocycles. The van der Waals surface area contributed by atoms with Crippen molar-refractivity contribution in [3.8, 4) is 6.07 Å². The maximum absolute atomic E-state index is 12.4. The quantitative estimate of drug-likeness (QED) is 0.864. The van der Waals surface area contributed by atoms with E-state index in [-0.39, 0.29) is 10.8 Å². The van der Waals surface area contributed by atoms with Crippen LogP contribution in [0, 0.1) is 11.3 Å². The molecule has 1 saturated heterocycles. The smallest absolute Gasteiger partial charge is 0.207 e.